The highest BCUT2D eigenvalue weighted by molar-refractivity contribution is 5.94. The maximum absolute atomic E-state index is 12.8. The Morgan fingerprint density at radius 1 is 1.06 bits per heavy atom. The molecule has 0 radical (unpaired) electrons. The van der Waals surface area contributed by atoms with Crippen LogP contribution in [0.5, 0.6) is 0 Å². The van der Waals surface area contributed by atoms with E-state index < -0.39 is 6.10 Å². The lowest BCUT2D eigenvalue weighted by molar-refractivity contribution is -0.139. The minimum absolute atomic E-state index is 0.000251. The van der Waals surface area contributed by atoms with E-state index in [9.17, 15) is 19.5 Å². The number of likely N-dealkylation sites (tertiary alicyclic amines) is 2. The van der Waals surface area contributed by atoms with Gasteiger partial charge in [0.2, 0.25) is 5.91 Å². The summed E-state index contributed by atoms with van der Waals surface area (Å²) in [6, 6.07) is 3.58. The van der Waals surface area contributed by atoms with E-state index in [2.05, 4.69) is 4.90 Å². The van der Waals surface area contributed by atoms with E-state index in [0.717, 1.165) is 49.0 Å². The summed E-state index contributed by atoms with van der Waals surface area (Å²) >= 11 is 0. The number of aliphatic hydroxyl groups excluding tert-OH is 1. The summed E-state index contributed by atoms with van der Waals surface area (Å²) in [6.07, 6.45) is 4.02. The average molecular weight is 440 g/mol. The number of rotatable bonds is 4. The molecule has 2 fully saturated rings. The van der Waals surface area contributed by atoms with E-state index in [0.29, 0.717) is 30.8 Å². The smallest absolute Gasteiger partial charge is 0.338 e. The molecule has 1 unspecified atom stereocenters. The van der Waals surface area contributed by atoms with Crippen LogP contribution in [-0.4, -0.2) is 65.5 Å². The lowest BCUT2D eigenvalue weighted by atomic mass is 9.71. The van der Waals surface area contributed by atoms with E-state index in [-0.39, 0.29) is 36.5 Å². The predicted octanol–water partition coefficient (Wildman–Crippen LogP) is 1.84. The summed E-state index contributed by atoms with van der Waals surface area (Å²) in [6.45, 7) is 5.21. The molecule has 4 heterocycles. The van der Waals surface area contributed by atoms with E-state index >= 15 is 0 Å². The Balaban J connectivity index is 1.18. The number of β-amino-alcohol motifs (C(OH)–C–C–N with tert-alkyl or cyclic N) is 1. The summed E-state index contributed by atoms with van der Waals surface area (Å²) in [5.41, 5.74) is 3.91. The van der Waals surface area contributed by atoms with Crippen molar-refractivity contribution in [3.63, 3.8) is 0 Å². The lowest BCUT2D eigenvalue weighted by Gasteiger charge is -2.46. The van der Waals surface area contributed by atoms with Gasteiger partial charge in [0.05, 0.1) is 17.4 Å². The Hall–Kier alpha value is -2.71. The molecule has 4 aliphatic rings. The Morgan fingerprint density at radius 3 is 2.50 bits per heavy atom. The van der Waals surface area contributed by atoms with Gasteiger partial charge in [-0.2, -0.15) is 0 Å². The van der Waals surface area contributed by atoms with Crippen molar-refractivity contribution in [3.8, 4) is 0 Å². The van der Waals surface area contributed by atoms with Crippen molar-refractivity contribution in [2.45, 2.75) is 45.3 Å². The van der Waals surface area contributed by atoms with Gasteiger partial charge in [0.1, 0.15) is 13.2 Å². The van der Waals surface area contributed by atoms with E-state index in [1.54, 1.807) is 11.0 Å². The maximum atomic E-state index is 12.8. The fraction of sp³-hybridized carbons (Fsp3) is 0.542. The Labute approximate surface area is 186 Å². The summed E-state index contributed by atoms with van der Waals surface area (Å²) in [4.78, 5) is 39.8. The fourth-order valence-electron chi connectivity index (χ4n) is 5.51. The minimum atomic E-state index is -0.639. The Kier molecular flexibility index (Phi) is 5.29. The number of carbonyl (C=O) groups is 3. The first-order chi connectivity index (χ1) is 15.3. The first-order valence-corrected chi connectivity index (χ1v) is 11.2. The first kappa shape index (κ1) is 21.2. The third-order valence-electron chi connectivity index (χ3n) is 7.60. The predicted molar refractivity (Wildman–Crippen MR) is 113 cm³/mol. The molecule has 8 nitrogen and oxygen atoms in total. The summed E-state index contributed by atoms with van der Waals surface area (Å²) in [5, 5.41) is 10.9. The topological polar surface area (TPSA) is 96.4 Å². The van der Waals surface area contributed by atoms with Crippen molar-refractivity contribution in [1.29, 1.82) is 0 Å². The number of benzene rings is 1. The summed E-state index contributed by atoms with van der Waals surface area (Å²) in [5.74, 6) is -0.605. The molecule has 1 amide bonds. The molecule has 1 atom stereocenters. The molecule has 1 N–H and O–H groups in total. The number of hydrogen-bond donors (Lipinski definition) is 1. The highest BCUT2D eigenvalue weighted by Gasteiger charge is 2.42. The minimum Gasteiger partial charge on any atom is -0.457 e. The van der Waals surface area contributed by atoms with Gasteiger partial charge in [0, 0.05) is 31.1 Å². The second-order valence-corrected chi connectivity index (χ2v) is 9.41. The van der Waals surface area contributed by atoms with Crippen molar-refractivity contribution in [2.75, 3.05) is 32.8 Å². The third-order valence-corrected chi connectivity index (χ3v) is 7.60. The highest BCUT2D eigenvalue weighted by Crippen LogP contribution is 2.43. The Morgan fingerprint density at radius 2 is 1.81 bits per heavy atom. The molecule has 8 heteroatoms. The van der Waals surface area contributed by atoms with E-state index in [4.69, 9.17) is 9.47 Å². The van der Waals surface area contributed by atoms with Gasteiger partial charge in [-0.05, 0) is 61.9 Å². The van der Waals surface area contributed by atoms with Gasteiger partial charge >= 0.3 is 11.9 Å². The molecular formula is C24H28N2O6. The number of fused-ring (bicyclic) bond motifs is 1. The number of amides is 1. The zero-order chi connectivity index (χ0) is 22.5. The maximum Gasteiger partial charge on any atom is 0.338 e. The van der Waals surface area contributed by atoms with Crippen molar-refractivity contribution in [1.82, 2.24) is 9.80 Å². The molecule has 5 rings (SSSR count). The van der Waals surface area contributed by atoms with Gasteiger partial charge in [-0.15, -0.1) is 0 Å². The highest BCUT2D eigenvalue weighted by atomic mass is 16.5. The summed E-state index contributed by atoms with van der Waals surface area (Å²) in [7, 11) is 0. The number of cyclic esters (lactones) is 2. The summed E-state index contributed by atoms with van der Waals surface area (Å²) < 4.78 is 10.1. The number of esters is 2. The van der Waals surface area contributed by atoms with Gasteiger partial charge in [0.15, 0.2) is 0 Å². The molecule has 0 bridgehead atoms. The van der Waals surface area contributed by atoms with Gasteiger partial charge in [-0.3, -0.25) is 4.79 Å². The van der Waals surface area contributed by atoms with Crippen molar-refractivity contribution < 1.29 is 29.0 Å². The number of aliphatic hydroxyl groups is 1. The second-order valence-electron chi connectivity index (χ2n) is 9.41. The van der Waals surface area contributed by atoms with Crippen molar-refractivity contribution >= 4 is 17.8 Å². The molecule has 0 aromatic heterocycles. The number of hydrogen-bond acceptors (Lipinski definition) is 7. The Bertz CT molecular complexity index is 1010. The van der Waals surface area contributed by atoms with Gasteiger partial charge in [-0.1, -0.05) is 6.07 Å². The van der Waals surface area contributed by atoms with Gasteiger partial charge < -0.3 is 24.4 Å². The van der Waals surface area contributed by atoms with Crippen LogP contribution in [0.3, 0.4) is 0 Å². The number of carbonyl (C=O) groups excluding carboxylic acids is 3. The number of piperidine rings is 2. The normalized spacial score (nSPS) is 23.8. The molecule has 0 aliphatic carbocycles. The molecular weight excluding hydrogens is 412 g/mol. The largest absolute Gasteiger partial charge is 0.457 e. The second kappa shape index (κ2) is 8.01. The molecule has 32 heavy (non-hydrogen) atoms. The lowest BCUT2D eigenvalue weighted by Crippen LogP contribution is -2.49. The van der Waals surface area contributed by atoms with Crippen LogP contribution in [0.15, 0.2) is 23.9 Å². The molecule has 1 spiro atoms. The van der Waals surface area contributed by atoms with Crippen LogP contribution in [-0.2, 0) is 25.7 Å². The average Bonchev–Trinajstić information content (AvgIpc) is 3.36. The van der Waals surface area contributed by atoms with Crippen LogP contribution in [0.25, 0.3) is 0 Å². The molecule has 170 valence electrons. The van der Waals surface area contributed by atoms with Crippen LogP contribution < -0.4 is 0 Å². The first-order valence-electron chi connectivity index (χ1n) is 11.2. The SMILES string of the molecule is Cc1c(C(O)CN2CCC3(CC2)CCN(C2=CC(=O)OC2)C(=O)C3)ccc2c1COC2=O. The van der Waals surface area contributed by atoms with Gasteiger partial charge in [0.25, 0.3) is 0 Å². The molecule has 4 aliphatic heterocycles. The van der Waals surface area contributed by atoms with Gasteiger partial charge in [-0.25, -0.2) is 9.59 Å². The van der Waals surface area contributed by atoms with Crippen LogP contribution in [0, 0.1) is 12.3 Å². The zero-order valence-corrected chi connectivity index (χ0v) is 18.3. The number of ether oxygens (including phenoxy) is 2. The van der Waals surface area contributed by atoms with E-state index in [1.165, 1.54) is 6.08 Å². The zero-order valence-electron chi connectivity index (χ0n) is 18.3. The molecule has 0 saturated carbocycles. The van der Waals surface area contributed by atoms with Crippen molar-refractivity contribution in [3.05, 3.63) is 46.2 Å². The van der Waals surface area contributed by atoms with Crippen LogP contribution in [0.1, 0.15) is 58.8 Å². The fourth-order valence-corrected chi connectivity index (χ4v) is 5.51. The monoisotopic (exact) mass is 440 g/mol. The van der Waals surface area contributed by atoms with E-state index in [1.807, 2.05) is 13.0 Å². The van der Waals surface area contributed by atoms with Crippen molar-refractivity contribution in [2.24, 2.45) is 5.41 Å². The van der Waals surface area contributed by atoms with Crippen LogP contribution in [0.2, 0.25) is 0 Å². The molecule has 2 saturated heterocycles. The van der Waals surface area contributed by atoms with Crippen LogP contribution >= 0.6 is 0 Å². The standard InChI is InChI=1S/C24H28N2O6/c1-15-17(2-3-18-19(15)14-32-23(18)30)20(27)12-25-7-4-24(5-8-25)6-9-26(21(28)11-24)16-10-22(29)31-13-16/h2-3,10,20,27H,4-9,11-14H2,1H3. The molecule has 1 aromatic carbocycles. The third kappa shape index (κ3) is 3.71. The number of nitrogens with zero attached hydrogens (tertiary/aromatic N) is 2. The quantitative estimate of drug-likeness (QED) is 0.714. The molecule has 1 aromatic rings. The van der Waals surface area contributed by atoms with Crippen LogP contribution in [0.4, 0.5) is 0 Å².